The van der Waals surface area contributed by atoms with Crippen molar-refractivity contribution in [1.29, 1.82) is 0 Å². The molecule has 2 heterocycles. The van der Waals surface area contributed by atoms with Crippen LogP contribution < -0.4 is 9.62 Å². The fourth-order valence-corrected chi connectivity index (χ4v) is 3.87. The van der Waals surface area contributed by atoms with Gasteiger partial charge in [-0.2, -0.15) is 0 Å². The average molecular weight is 348 g/mol. The highest BCUT2D eigenvalue weighted by atomic mass is 32.2. The van der Waals surface area contributed by atoms with Crippen molar-refractivity contribution in [3.05, 3.63) is 41.7 Å². The average Bonchev–Trinajstić information content (AvgIpc) is 2.55. The number of anilines is 2. The lowest BCUT2D eigenvalue weighted by atomic mass is 10.2. The Hall–Kier alpha value is -2.19. The van der Waals surface area contributed by atoms with E-state index in [0.29, 0.717) is 30.4 Å². The first-order valence-corrected chi connectivity index (χ1v) is 9.19. The first-order chi connectivity index (χ1) is 11.5. The number of rotatable bonds is 4. The fourth-order valence-electron chi connectivity index (χ4n) is 2.61. The highest BCUT2D eigenvalue weighted by Gasteiger charge is 2.18. The van der Waals surface area contributed by atoms with E-state index >= 15 is 0 Å². The van der Waals surface area contributed by atoms with Crippen molar-refractivity contribution in [2.45, 2.75) is 18.7 Å². The van der Waals surface area contributed by atoms with Gasteiger partial charge in [0.1, 0.15) is 0 Å². The molecule has 0 aliphatic carbocycles. The molecule has 0 spiro atoms. The number of aryl methyl sites for hydroxylation is 2. The van der Waals surface area contributed by atoms with Gasteiger partial charge in [-0.25, -0.2) is 18.4 Å². The molecular weight excluding hydrogens is 328 g/mol. The third-order valence-electron chi connectivity index (χ3n) is 3.80. The molecule has 0 radical (unpaired) electrons. The van der Waals surface area contributed by atoms with Crippen molar-refractivity contribution >= 4 is 21.7 Å². The van der Waals surface area contributed by atoms with E-state index in [-0.39, 0.29) is 4.90 Å². The molecule has 128 valence electrons. The van der Waals surface area contributed by atoms with E-state index in [4.69, 9.17) is 4.74 Å². The minimum absolute atomic E-state index is 0.255. The number of nitrogens with one attached hydrogen (secondary N) is 1. The number of nitrogens with zero attached hydrogens (tertiary/aromatic N) is 3. The minimum Gasteiger partial charge on any atom is -0.378 e. The summed E-state index contributed by atoms with van der Waals surface area (Å²) in [5.41, 5.74) is 2.06. The fraction of sp³-hybridized carbons (Fsp3) is 0.375. The highest BCUT2D eigenvalue weighted by molar-refractivity contribution is 7.92. The number of aromatic nitrogens is 2. The van der Waals surface area contributed by atoms with Crippen LogP contribution in [0.4, 0.5) is 11.6 Å². The predicted octanol–water partition coefficient (Wildman–Crippen LogP) is 1.73. The second-order valence-electron chi connectivity index (χ2n) is 5.75. The summed E-state index contributed by atoms with van der Waals surface area (Å²) in [7, 11) is -3.66. The largest absolute Gasteiger partial charge is 0.378 e. The van der Waals surface area contributed by atoms with Gasteiger partial charge in [0.25, 0.3) is 10.0 Å². The highest BCUT2D eigenvalue weighted by Crippen LogP contribution is 2.20. The van der Waals surface area contributed by atoms with Gasteiger partial charge in [0.2, 0.25) is 5.95 Å². The van der Waals surface area contributed by atoms with Gasteiger partial charge in [-0.3, -0.25) is 4.72 Å². The van der Waals surface area contributed by atoms with Crippen LogP contribution in [0, 0.1) is 13.8 Å². The Morgan fingerprint density at radius 1 is 1.12 bits per heavy atom. The first kappa shape index (κ1) is 16.7. The third kappa shape index (κ3) is 3.65. The third-order valence-corrected chi connectivity index (χ3v) is 5.35. The zero-order chi connectivity index (χ0) is 17.2. The molecule has 8 heteroatoms. The number of hydrogen-bond acceptors (Lipinski definition) is 6. The van der Waals surface area contributed by atoms with E-state index in [0.717, 1.165) is 18.7 Å². The van der Waals surface area contributed by atoms with Crippen LogP contribution in [0.25, 0.3) is 0 Å². The molecule has 24 heavy (non-hydrogen) atoms. The van der Waals surface area contributed by atoms with Crippen LogP contribution in [0.15, 0.2) is 35.5 Å². The lowest BCUT2D eigenvalue weighted by molar-refractivity contribution is 0.122. The standard InChI is InChI=1S/C16H20N4O3S/c1-12-3-4-15(13(2)9-12)24(21,22)19-14-10-17-16(18-11-14)20-5-7-23-8-6-20/h3-4,9-11,19H,5-8H2,1-2H3. The molecule has 1 aliphatic rings. The van der Waals surface area contributed by atoms with Crippen LogP contribution in [0.2, 0.25) is 0 Å². The van der Waals surface area contributed by atoms with Crippen LogP contribution in [0.5, 0.6) is 0 Å². The summed E-state index contributed by atoms with van der Waals surface area (Å²) >= 11 is 0. The molecule has 2 aromatic rings. The Kier molecular flexibility index (Phi) is 4.68. The van der Waals surface area contributed by atoms with Crippen LogP contribution in [-0.2, 0) is 14.8 Å². The molecule has 1 aliphatic heterocycles. The summed E-state index contributed by atoms with van der Waals surface area (Å²) in [5.74, 6) is 0.577. The molecule has 3 rings (SSSR count). The summed E-state index contributed by atoms with van der Waals surface area (Å²) < 4.78 is 32.9. The quantitative estimate of drug-likeness (QED) is 0.906. The number of hydrogen-bond donors (Lipinski definition) is 1. The van der Waals surface area contributed by atoms with Crippen LogP contribution >= 0.6 is 0 Å². The van der Waals surface area contributed by atoms with Gasteiger partial charge in [0.15, 0.2) is 0 Å². The van der Waals surface area contributed by atoms with Crippen molar-refractivity contribution in [3.8, 4) is 0 Å². The molecule has 1 aromatic carbocycles. The first-order valence-electron chi connectivity index (χ1n) is 7.70. The summed E-state index contributed by atoms with van der Waals surface area (Å²) in [5, 5.41) is 0. The minimum atomic E-state index is -3.66. The molecule has 1 fully saturated rings. The van der Waals surface area contributed by atoms with E-state index in [1.165, 1.54) is 12.4 Å². The molecule has 7 nitrogen and oxygen atoms in total. The van der Waals surface area contributed by atoms with Crippen molar-refractivity contribution in [3.63, 3.8) is 0 Å². The molecular formula is C16H20N4O3S. The van der Waals surface area contributed by atoms with E-state index < -0.39 is 10.0 Å². The monoisotopic (exact) mass is 348 g/mol. The van der Waals surface area contributed by atoms with E-state index in [2.05, 4.69) is 14.7 Å². The SMILES string of the molecule is Cc1ccc(S(=O)(=O)Nc2cnc(N3CCOCC3)nc2)c(C)c1. The second kappa shape index (κ2) is 6.74. The van der Waals surface area contributed by atoms with Gasteiger partial charge < -0.3 is 9.64 Å². The number of ether oxygens (including phenoxy) is 1. The summed E-state index contributed by atoms with van der Waals surface area (Å²) in [4.78, 5) is 10.8. The summed E-state index contributed by atoms with van der Waals surface area (Å²) in [6.07, 6.45) is 2.97. The van der Waals surface area contributed by atoms with E-state index in [1.807, 2.05) is 17.9 Å². The van der Waals surface area contributed by atoms with Gasteiger partial charge in [-0.05, 0) is 25.5 Å². The van der Waals surface area contributed by atoms with Crippen molar-refractivity contribution in [2.24, 2.45) is 0 Å². The number of benzene rings is 1. The van der Waals surface area contributed by atoms with Crippen molar-refractivity contribution in [2.75, 3.05) is 35.9 Å². The Bertz CT molecular complexity index is 816. The number of morpholine rings is 1. The molecule has 0 bridgehead atoms. The molecule has 0 saturated carbocycles. The van der Waals surface area contributed by atoms with Crippen LogP contribution in [0.1, 0.15) is 11.1 Å². The molecule has 1 N–H and O–H groups in total. The number of sulfonamides is 1. The Morgan fingerprint density at radius 2 is 1.79 bits per heavy atom. The van der Waals surface area contributed by atoms with Gasteiger partial charge in [-0.1, -0.05) is 17.7 Å². The van der Waals surface area contributed by atoms with Crippen LogP contribution in [0.3, 0.4) is 0 Å². The van der Waals surface area contributed by atoms with Gasteiger partial charge in [0, 0.05) is 13.1 Å². The zero-order valence-corrected chi connectivity index (χ0v) is 14.5. The normalized spacial score (nSPS) is 15.3. The van der Waals surface area contributed by atoms with Crippen molar-refractivity contribution in [1.82, 2.24) is 9.97 Å². The summed E-state index contributed by atoms with van der Waals surface area (Å²) in [6.45, 7) is 6.45. The Labute approximate surface area is 141 Å². The topological polar surface area (TPSA) is 84.4 Å². The molecule has 0 unspecified atom stereocenters. The maximum atomic E-state index is 12.5. The predicted molar refractivity (Wildman–Crippen MR) is 91.8 cm³/mol. The van der Waals surface area contributed by atoms with E-state index in [1.54, 1.807) is 19.1 Å². The molecule has 0 amide bonds. The molecule has 1 aromatic heterocycles. The smallest absolute Gasteiger partial charge is 0.262 e. The van der Waals surface area contributed by atoms with E-state index in [9.17, 15) is 8.42 Å². The lowest BCUT2D eigenvalue weighted by Gasteiger charge is -2.26. The lowest BCUT2D eigenvalue weighted by Crippen LogP contribution is -2.37. The van der Waals surface area contributed by atoms with Gasteiger partial charge in [0.05, 0.1) is 36.2 Å². The van der Waals surface area contributed by atoms with Gasteiger partial charge in [-0.15, -0.1) is 0 Å². The zero-order valence-electron chi connectivity index (χ0n) is 13.7. The Balaban J connectivity index is 1.77. The van der Waals surface area contributed by atoms with Crippen LogP contribution in [-0.4, -0.2) is 44.7 Å². The maximum absolute atomic E-state index is 12.5. The maximum Gasteiger partial charge on any atom is 0.262 e. The van der Waals surface area contributed by atoms with Crippen molar-refractivity contribution < 1.29 is 13.2 Å². The molecule has 0 atom stereocenters. The second-order valence-corrected chi connectivity index (χ2v) is 7.40. The molecule has 1 saturated heterocycles. The van der Waals surface area contributed by atoms with Gasteiger partial charge >= 0.3 is 0 Å². The summed E-state index contributed by atoms with van der Waals surface area (Å²) in [6, 6.07) is 5.22. The Morgan fingerprint density at radius 3 is 2.42 bits per heavy atom.